The maximum Gasteiger partial charge on any atom is 0.225 e. The first-order valence-corrected chi connectivity index (χ1v) is 17.1. The summed E-state index contributed by atoms with van der Waals surface area (Å²) in [5, 5.41) is 6.36. The summed E-state index contributed by atoms with van der Waals surface area (Å²) in [5.41, 5.74) is 0.944. The lowest BCUT2D eigenvalue weighted by Gasteiger charge is -2.40. The second-order valence-corrected chi connectivity index (χ2v) is 14.1. The zero-order valence-corrected chi connectivity index (χ0v) is 29.2. The van der Waals surface area contributed by atoms with Crippen LogP contribution in [0.25, 0.3) is 0 Å². The number of rotatable bonds is 17. The predicted molar refractivity (Wildman–Crippen MR) is 179 cm³/mol. The van der Waals surface area contributed by atoms with Gasteiger partial charge in [-0.15, -0.1) is 11.3 Å². The van der Waals surface area contributed by atoms with E-state index in [9.17, 15) is 9.59 Å². The van der Waals surface area contributed by atoms with Gasteiger partial charge in [0.2, 0.25) is 11.8 Å². The van der Waals surface area contributed by atoms with E-state index in [2.05, 4.69) is 50.4 Å². The summed E-state index contributed by atoms with van der Waals surface area (Å²) < 4.78 is 12.3. The van der Waals surface area contributed by atoms with Gasteiger partial charge in [-0.25, -0.2) is 4.98 Å². The second kappa shape index (κ2) is 16.8. The van der Waals surface area contributed by atoms with Crippen LogP contribution >= 0.6 is 11.3 Å². The maximum atomic E-state index is 14.1. The Morgan fingerprint density at radius 1 is 1.18 bits per heavy atom. The van der Waals surface area contributed by atoms with Crippen molar-refractivity contribution in [2.45, 2.75) is 109 Å². The van der Waals surface area contributed by atoms with Crippen LogP contribution in [0.5, 0.6) is 0 Å². The number of benzene rings is 1. The largest absolute Gasteiger partial charge is 0.379 e. The van der Waals surface area contributed by atoms with Crippen molar-refractivity contribution in [1.29, 1.82) is 0 Å². The number of hydrogen-bond acceptors (Lipinski definition) is 7. The highest BCUT2D eigenvalue weighted by Gasteiger charge is 2.42. The Hall–Kier alpha value is -2.33. The fourth-order valence-corrected chi connectivity index (χ4v) is 7.66. The molecule has 8 nitrogen and oxygen atoms in total. The summed E-state index contributed by atoms with van der Waals surface area (Å²) >= 11 is 1.69. The third-order valence-electron chi connectivity index (χ3n) is 9.89. The van der Waals surface area contributed by atoms with Crippen LogP contribution < -0.4 is 5.32 Å². The summed E-state index contributed by atoms with van der Waals surface area (Å²) in [6.45, 7) is 11.3. The molecule has 1 aromatic carbocycles. The summed E-state index contributed by atoms with van der Waals surface area (Å²) in [5.74, 6) is 0.575. The van der Waals surface area contributed by atoms with Gasteiger partial charge in [0.15, 0.2) is 0 Å². The monoisotopic (exact) mass is 628 g/mol. The normalized spacial score (nSPS) is 19.7. The first kappa shape index (κ1) is 36.1. The van der Waals surface area contributed by atoms with E-state index in [1.54, 1.807) is 25.6 Å². The highest BCUT2D eigenvalue weighted by atomic mass is 32.1. The van der Waals surface area contributed by atoms with Crippen LogP contribution in [0.3, 0.4) is 0 Å². The van der Waals surface area contributed by atoms with Gasteiger partial charge in [0.1, 0.15) is 0 Å². The minimum absolute atomic E-state index is 0.0314. The maximum absolute atomic E-state index is 14.1. The van der Waals surface area contributed by atoms with Gasteiger partial charge < -0.3 is 24.6 Å². The average molecular weight is 629 g/mol. The number of carbonyl (C=O) groups excluding carboxylic acids is 2. The van der Waals surface area contributed by atoms with Crippen LogP contribution in [0.15, 0.2) is 41.9 Å². The molecule has 2 heterocycles. The highest BCUT2D eigenvalue weighted by Crippen LogP contribution is 2.37. The predicted octanol–water partition coefficient (Wildman–Crippen LogP) is 5.78. The SMILES string of the molecule is CCC(C)C(C(CC(=O)N1CCCC1C(OC)C(C)C(Cc1ccccc1)c1nccs1)OC)N(C)C(=O)CC(C)(C)NC. The molecule has 9 heteroatoms. The number of ether oxygens (including phenoxy) is 2. The standard InChI is InChI=1S/C35H56N4O4S/c1-10-24(2)32(38(7)31(41)23-35(4,5)36-6)29(42-8)22-30(40)39-19-14-17-28(39)33(43-9)25(3)27(34-37-18-20-44-34)21-26-15-12-11-13-16-26/h11-13,15-16,18,20,24-25,27-29,32-33,36H,10,14,17,19,21-23H2,1-9H3. The van der Waals surface area contributed by atoms with Crippen LogP contribution in [0, 0.1) is 11.8 Å². The Morgan fingerprint density at radius 2 is 1.89 bits per heavy atom. The van der Waals surface area contributed by atoms with Crippen LogP contribution in [0.4, 0.5) is 0 Å². The van der Waals surface area contributed by atoms with E-state index < -0.39 is 6.10 Å². The minimum Gasteiger partial charge on any atom is -0.379 e. The summed E-state index contributed by atoms with van der Waals surface area (Å²) in [6, 6.07) is 10.3. The van der Waals surface area contributed by atoms with Gasteiger partial charge in [-0.05, 0) is 57.6 Å². The molecule has 1 fully saturated rings. The zero-order chi connectivity index (χ0) is 32.4. The van der Waals surface area contributed by atoms with Crippen LogP contribution in [-0.2, 0) is 25.5 Å². The van der Waals surface area contributed by atoms with Crippen molar-refractivity contribution < 1.29 is 19.1 Å². The van der Waals surface area contributed by atoms with Crippen molar-refractivity contribution in [2.75, 3.05) is 34.9 Å². The molecule has 7 atom stereocenters. The fraction of sp³-hybridized carbons (Fsp3) is 0.686. The molecule has 2 amide bonds. The van der Waals surface area contributed by atoms with E-state index in [1.807, 2.05) is 55.4 Å². The first-order chi connectivity index (χ1) is 21.0. The number of aromatic nitrogens is 1. The number of nitrogens with one attached hydrogen (secondary N) is 1. The number of carbonyl (C=O) groups is 2. The summed E-state index contributed by atoms with van der Waals surface area (Å²) in [4.78, 5) is 36.1. The smallest absolute Gasteiger partial charge is 0.225 e. The van der Waals surface area contributed by atoms with Crippen molar-refractivity contribution in [1.82, 2.24) is 20.1 Å². The van der Waals surface area contributed by atoms with Gasteiger partial charge >= 0.3 is 0 Å². The first-order valence-electron chi connectivity index (χ1n) is 16.2. The van der Waals surface area contributed by atoms with Gasteiger partial charge in [-0.3, -0.25) is 9.59 Å². The number of likely N-dealkylation sites (N-methyl/N-ethyl adjacent to an activating group) is 1. The topological polar surface area (TPSA) is 84.0 Å². The van der Waals surface area contributed by atoms with Crippen molar-refractivity contribution in [3.63, 3.8) is 0 Å². The van der Waals surface area contributed by atoms with E-state index in [-0.39, 0.29) is 59.7 Å². The molecule has 0 radical (unpaired) electrons. The van der Waals surface area contributed by atoms with E-state index in [4.69, 9.17) is 14.5 Å². The van der Waals surface area contributed by atoms with E-state index in [1.165, 1.54) is 5.56 Å². The molecule has 44 heavy (non-hydrogen) atoms. The van der Waals surface area contributed by atoms with Crippen molar-refractivity contribution in [3.8, 4) is 0 Å². The van der Waals surface area contributed by atoms with Crippen LogP contribution in [0.1, 0.15) is 83.2 Å². The summed E-state index contributed by atoms with van der Waals surface area (Å²) in [7, 11) is 7.16. The molecular weight excluding hydrogens is 572 g/mol. The minimum atomic E-state index is -0.412. The average Bonchev–Trinajstić information content (AvgIpc) is 3.73. The third kappa shape index (κ3) is 9.12. The number of methoxy groups -OCH3 is 2. The van der Waals surface area contributed by atoms with Gasteiger partial charge in [-0.1, -0.05) is 57.5 Å². The van der Waals surface area contributed by atoms with Gasteiger partial charge in [0.25, 0.3) is 0 Å². The molecule has 0 spiro atoms. The Morgan fingerprint density at radius 3 is 2.45 bits per heavy atom. The molecule has 1 aliphatic rings. The molecule has 0 aliphatic carbocycles. The lowest BCUT2D eigenvalue weighted by atomic mass is 9.81. The number of amides is 2. The molecule has 0 saturated carbocycles. The van der Waals surface area contributed by atoms with E-state index in [0.717, 1.165) is 30.7 Å². The Bertz CT molecular complexity index is 1140. The molecular formula is C35H56N4O4S. The quantitative estimate of drug-likeness (QED) is 0.239. The molecule has 1 aromatic heterocycles. The van der Waals surface area contributed by atoms with Gasteiger partial charge in [-0.2, -0.15) is 0 Å². The molecule has 1 saturated heterocycles. The lowest BCUT2D eigenvalue weighted by molar-refractivity contribution is -0.145. The molecule has 1 N–H and O–H groups in total. The van der Waals surface area contributed by atoms with Crippen molar-refractivity contribution in [2.24, 2.45) is 11.8 Å². The van der Waals surface area contributed by atoms with Crippen LogP contribution in [0.2, 0.25) is 0 Å². The summed E-state index contributed by atoms with van der Waals surface area (Å²) in [6.07, 6.45) is 5.48. The number of likely N-dealkylation sites (tertiary alicyclic amines) is 1. The number of nitrogens with zero attached hydrogens (tertiary/aromatic N) is 3. The zero-order valence-electron chi connectivity index (χ0n) is 28.4. The Labute approximate surface area is 269 Å². The van der Waals surface area contributed by atoms with E-state index >= 15 is 0 Å². The Balaban J connectivity index is 1.81. The molecule has 246 valence electrons. The second-order valence-electron chi connectivity index (χ2n) is 13.2. The number of thiazole rings is 1. The third-order valence-corrected chi connectivity index (χ3v) is 10.8. The molecule has 3 rings (SSSR count). The fourth-order valence-electron chi connectivity index (χ4n) is 6.81. The number of hydrogen-bond donors (Lipinski definition) is 1. The lowest BCUT2D eigenvalue weighted by Crippen LogP contribution is -2.53. The molecule has 7 unspecified atom stereocenters. The molecule has 0 bridgehead atoms. The van der Waals surface area contributed by atoms with Gasteiger partial charge in [0, 0.05) is 57.3 Å². The van der Waals surface area contributed by atoms with Gasteiger partial charge in [0.05, 0.1) is 35.7 Å². The van der Waals surface area contributed by atoms with Crippen LogP contribution in [-0.4, -0.2) is 91.3 Å². The molecule has 2 aromatic rings. The van der Waals surface area contributed by atoms with Crippen molar-refractivity contribution in [3.05, 3.63) is 52.5 Å². The highest BCUT2D eigenvalue weighted by molar-refractivity contribution is 7.09. The molecule has 1 aliphatic heterocycles. The Kier molecular flexibility index (Phi) is 13.8. The van der Waals surface area contributed by atoms with Crippen molar-refractivity contribution >= 4 is 23.2 Å². The van der Waals surface area contributed by atoms with E-state index in [0.29, 0.717) is 13.0 Å².